The molecule has 27 heavy (non-hydrogen) atoms. The fraction of sp³-hybridized carbons (Fsp3) is 0.0400. The fourth-order valence-electron chi connectivity index (χ4n) is 3.68. The molecule has 0 radical (unpaired) electrons. The Morgan fingerprint density at radius 2 is 0.963 bits per heavy atom. The molecule has 0 aliphatic carbocycles. The van der Waals surface area contributed by atoms with Crippen molar-refractivity contribution in [3.63, 3.8) is 0 Å². The second kappa shape index (κ2) is 8.13. The summed E-state index contributed by atoms with van der Waals surface area (Å²) >= 11 is 5.89. The van der Waals surface area contributed by atoms with Crippen LogP contribution in [0.3, 0.4) is 0 Å². The topological polar surface area (TPSA) is 0 Å². The van der Waals surface area contributed by atoms with Crippen LogP contribution < -0.4 is 15.9 Å². The fourth-order valence-corrected chi connectivity index (χ4v) is 8.60. The standard InChI is InChI=1S/C25H21PS/c27-20-26(22-14-6-2-7-15-22,23-16-8-3-9-17-23)25-19-11-10-18-24(25)21-12-4-1-5-13-21/h1-19H,20H2. The molecule has 0 atom stereocenters. The minimum Gasteiger partial charge on any atom is -0.750 e. The molecule has 4 aromatic carbocycles. The number of rotatable bonds is 5. The highest BCUT2D eigenvalue weighted by atomic mass is 32.1. The van der Waals surface area contributed by atoms with E-state index < -0.39 is 7.26 Å². The number of benzene rings is 4. The SMILES string of the molecule is [S-]C[P+](c1ccccc1)(c1ccccc1)c1ccccc1-c1ccccc1. The smallest absolute Gasteiger partial charge is 0.110 e. The van der Waals surface area contributed by atoms with Crippen LogP contribution in [0.25, 0.3) is 11.1 Å². The monoisotopic (exact) mass is 384 g/mol. The lowest BCUT2D eigenvalue weighted by atomic mass is 10.1. The molecule has 132 valence electrons. The summed E-state index contributed by atoms with van der Waals surface area (Å²) in [4.78, 5) is 0. The van der Waals surface area contributed by atoms with Gasteiger partial charge >= 0.3 is 0 Å². The van der Waals surface area contributed by atoms with Gasteiger partial charge in [-0.15, -0.1) is 0 Å². The van der Waals surface area contributed by atoms with Gasteiger partial charge in [0.1, 0.15) is 15.9 Å². The van der Waals surface area contributed by atoms with Gasteiger partial charge in [0, 0.05) is 5.56 Å². The first-order chi connectivity index (χ1) is 13.4. The van der Waals surface area contributed by atoms with E-state index in [1.165, 1.54) is 27.0 Å². The van der Waals surface area contributed by atoms with Crippen LogP contribution >= 0.6 is 7.26 Å². The van der Waals surface area contributed by atoms with Crippen LogP contribution in [0.4, 0.5) is 0 Å². The van der Waals surface area contributed by atoms with E-state index in [4.69, 9.17) is 12.6 Å². The van der Waals surface area contributed by atoms with Crippen molar-refractivity contribution < 1.29 is 0 Å². The van der Waals surface area contributed by atoms with Crippen LogP contribution in [-0.2, 0) is 12.6 Å². The molecule has 2 heteroatoms. The third-order valence-corrected chi connectivity index (χ3v) is 10.1. The van der Waals surface area contributed by atoms with Gasteiger partial charge in [-0.1, -0.05) is 84.9 Å². The summed E-state index contributed by atoms with van der Waals surface area (Å²) in [5, 5.41) is 4.05. The third-order valence-electron chi connectivity index (χ3n) is 4.99. The van der Waals surface area contributed by atoms with Crippen molar-refractivity contribution in [3.05, 3.63) is 115 Å². The molecule has 0 N–H and O–H groups in total. The van der Waals surface area contributed by atoms with E-state index in [1.807, 2.05) is 0 Å². The van der Waals surface area contributed by atoms with Crippen LogP contribution in [0.2, 0.25) is 0 Å². The molecular formula is C25H21PS. The lowest BCUT2D eigenvalue weighted by Gasteiger charge is -2.32. The molecule has 0 aromatic heterocycles. The molecule has 0 nitrogen and oxygen atoms in total. The van der Waals surface area contributed by atoms with Gasteiger partial charge in [-0.3, -0.25) is 0 Å². The second-order valence-corrected chi connectivity index (χ2v) is 10.7. The first kappa shape index (κ1) is 18.0. The zero-order chi connectivity index (χ0) is 18.5. The molecule has 4 rings (SSSR count). The Balaban J connectivity index is 2.05. The largest absolute Gasteiger partial charge is 0.750 e. The number of hydrogen-bond donors (Lipinski definition) is 0. The van der Waals surface area contributed by atoms with Crippen LogP contribution in [0, 0.1) is 0 Å². The molecule has 0 aliphatic rings. The third kappa shape index (κ3) is 3.34. The zero-order valence-corrected chi connectivity index (χ0v) is 16.7. The van der Waals surface area contributed by atoms with Gasteiger partial charge < -0.3 is 12.6 Å². The lowest BCUT2D eigenvalue weighted by molar-refractivity contribution is 1.64. The van der Waals surface area contributed by atoms with Crippen molar-refractivity contribution in [2.45, 2.75) is 0 Å². The Labute approximate surface area is 167 Å². The van der Waals surface area contributed by atoms with Crippen molar-refractivity contribution in [1.82, 2.24) is 0 Å². The Morgan fingerprint density at radius 3 is 1.48 bits per heavy atom. The molecule has 0 spiro atoms. The summed E-state index contributed by atoms with van der Waals surface area (Å²) < 4.78 is 0. The minimum absolute atomic E-state index is 0.685. The summed E-state index contributed by atoms with van der Waals surface area (Å²) in [6, 6.07) is 41.1. The molecule has 0 heterocycles. The maximum atomic E-state index is 5.89. The highest BCUT2D eigenvalue weighted by molar-refractivity contribution is 8.01. The normalized spacial score (nSPS) is 11.3. The van der Waals surface area contributed by atoms with Gasteiger partial charge in [-0.2, -0.15) is 0 Å². The van der Waals surface area contributed by atoms with E-state index in [2.05, 4.69) is 115 Å². The van der Waals surface area contributed by atoms with Gasteiger partial charge in [0.05, 0.1) is 7.26 Å². The van der Waals surface area contributed by atoms with E-state index in [-0.39, 0.29) is 0 Å². The zero-order valence-electron chi connectivity index (χ0n) is 15.0. The lowest BCUT2D eigenvalue weighted by Crippen LogP contribution is -2.33. The molecule has 0 saturated carbocycles. The van der Waals surface area contributed by atoms with Crippen molar-refractivity contribution in [1.29, 1.82) is 0 Å². The molecule has 0 saturated heterocycles. The summed E-state index contributed by atoms with van der Waals surface area (Å²) in [5.41, 5.74) is 3.21. The van der Waals surface area contributed by atoms with Crippen molar-refractivity contribution >= 4 is 35.8 Å². The average Bonchev–Trinajstić information content (AvgIpc) is 2.77. The predicted molar refractivity (Wildman–Crippen MR) is 123 cm³/mol. The van der Waals surface area contributed by atoms with E-state index in [9.17, 15) is 0 Å². The first-order valence-electron chi connectivity index (χ1n) is 9.09. The highest BCUT2D eigenvalue weighted by Gasteiger charge is 2.42. The summed E-state index contributed by atoms with van der Waals surface area (Å²) in [6.45, 7) is 0. The maximum absolute atomic E-state index is 5.89. The summed E-state index contributed by atoms with van der Waals surface area (Å²) in [7, 11) is -1.92. The van der Waals surface area contributed by atoms with Crippen LogP contribution in [0.1, 0.15) is 0 Å². The minimum atomic E-state index is -1.92. The Hall–Kier alpha value is -2.34. The molecule has 0 aliphatic heterocycles. The van der Waals surface area contributed by atoms with Crippen LogP contribution in [-0.4, -0.2) is 5.49 Å². The van der Waals surface area contributed by atoms with Gasteiger partial charge in [0.15, 0.2) is 0 Å². The van der Waals surface area contributed by atoms with Crippen molar-refractivity contribution in [2.24, 2.45) is 0 Å². The molecule has 0 unspecified atom stereocenters. The quantitative estimate of drug-likeness (QED) is 0.339. The molecule has 0 bridgehead atoms. The van der Waals surface area contributed by atoms with Gasteiger partial charge in [0.25, 0.3) is 0 Å². The first-order valence-corrected chi connectivity index (χ1v) is 11.6. The van der Waals surface area contributed by atoms with E-state index in [0.717, 1.165) is 0 Å². The predicted octanol–water partition coefficient (Wildman–Crippen LogP) is 5.15. The van der Waals surface area contributed by atoms with E-state index >= 15 is 0 Å². The van der Waals surface area contributed by atoms with Gasteiger partial charge in [-0.05, 0) is 41.4 Å². The van der Waals surface area contributed by atoms with E-state index in [0.29, 0.717) is 5.49 Å². The number of hydrogen-bond acceptors (Lipinski definition) is 1. The van der Waals surface area contributed by atoms with Gasteiger partial charge in [0.2, 0.25) is 0 Å². The van der Waals surface area contributed by atoms with Gasteiger partial charge in [-0.25, -0.2) is 0 Å². The molecular weight excluding hydrogens is 363 g/mol. The van der Waals surface area contributed by atoms with Crippen molar-refractivity contribution in [2.75, 3.05) is 5.49 Å². The Bertz CT molecular complexity index is 958. The Morgan fingerprint density at radius 1 is 0.519 bits per heavy atom. The molecule has 4 aromatic rings. The average molecular weight is 384 g/mol. The molecule has 0 amide bonds. The summed E-state index contributed by atoms with van der Waals surface area (Å²) in [6.07, 6.45) is 0. The summed E-state index contributed by atoms with van der Waals surface area (Å²) in [5.74, 6) is 0. The van der Waals surface area contributed by atoms with Crippen molar-refractivity contribution in [3.8, 4) is 11.1 Å². The maximum Gasteiger partial charge on any atom is 0.110 e. The second-order valence-electron chi connectivity index (χ2n) is 6.49. The molecule has 0 fully saturated rings. The Kier molecular flexibility index (Phi) is 5.43. The van der Waals surface area contributed by atoms with E-state index in [1.54, 1.807) is 0 Å². The van der Waals surface area contributed by atoms with Crippen LogP contribution in [0.15, 0.2) is 115 Å². The highest BCUT2D eigenvalue weighted by Crippen LogP contribution is 2.56. The van der Waals surface area contributed by atoms with Crippen LogP contribution in [0.5, 0.6) is 0 Å².